The maximum absolute atomic E-state index is 12.0. The second-order valence-electron chi connectivity index (χ2n) is 7.77. The Morgan fingerprint density at radius 2 is 1.84 bits per heavy atom. The normalized spacial score (nSPS) is 11.7. The number of nitrogens with one attached hydrogen (secondary N) is 1. The zero-order chi connectivity index (χ0) is 19.4. The van der Waals surface area contributed by atoms with E-state index in [1.165, 1.54) is 6.07 Å². The van der Waals surface area contributed by atoms with E-state index in [-0.39, 0.29) is 22.4 Å². The molecule has 0 saturated carbocycles. The van der Waals surface area contributed by atoms with Gasteiger partial charge < -0.3 is 15.8 Å². The number of anilines is 1. The summed E-state index contributed by atoms with van der Waals surface area (Å²) in [5, 5.41) is 13.5. The molecule has 1 rings (SSSR count). The van der Waals surface area contributed by atoms with Crippen molar-refractivity contribution < 1.29 is 19.2 Å². The average Bonchev–Trinajstić information content (AvgIpc) is 2.41. The number of non-ortho nitro benzene ring substituents is 1. The standard InChI is InChI=1S/C17H25N3O5/c1-16(2,3)10-17(4,5)19-14(21)9-25-15(22)12-7-6-11(20(23)24)8-13(12)18/h6-8H,9-10,18H2,1-5H3,(H,19,21). The Balaban J connectivity index is 2.64. The third kappa shape index (κ3) is 6.78. The molecule has 0 heterocycles. The topological polar surface area (TPSA) is 125 Å². The fourth-order valence-electron chi connectivity index (χ4n) is 2.84. The first kappa shape index (κ1) is 20.4. The fourth-order valence-corrected chi connectivity index (χ4v) is 2.84. The Bertz CT molecular complexity index is 677. The highest BCUT2D eigenvalue weighted by molar-refractivity contribution is 5.96. The molecule has 8 nitrogen and oxygen atoms in total. The van der Waals surface area contributed by atoms with E-state index in [1.54, 1.807) is 0 Å². The van der Waals surface area contributed by atoms with Crippen molar-refractivity contribution in [3.63, 3.8) is 0 Å². The first-order valence-electron chi connectivity index (χ1n) is 7.83. The van der Waals surface area contributed by atoms with E-state index in [9.17, 15) is 19.7 Å². The Morgan fingerprint density at radius 1 is 1.24 bits per heavy atom. The van der Waals surface area contributed by atoms with Gasteiger partial charge in [0.2, 0.25) is 0 Å². The van der Waals surface area contributed by atoms with Gasteiger partial charge in [0.05, 0.1) is 16.2 Å². The fraction of sp³-hybridized carbons (Fsp3) is 0.529. The molecule has 0 spiro atoms. The summed E-state index contributed by atoms with van der Waals surface area (Å²) in [6.07, 6.45) is 0.745. The number of amides is 1. The third-order valence-electron chi connectivity index (χ3n) is 3.25. The largest absolute Gasteiger partial charge is 0.452 e. The van der Waals surface area contributed by atoms with Crippen molar-refractivity contribution in [3.05, 3.63) is 33.9 Å². The van der Waals surface area contributed by atoms with Crippen LogP contribution < -0.4 is 11.1 Å². The van der Waals surface area contributed by atoms with Gasteiger partial charge in [-0.3, -0.25) is 14.9 Å². The molecular formula is C17H25N3O5. The molecule has 0 saturated heterocycles. The maximum atomic E-state index is 12.0. The van der Waals surface area contributed by atoms with Crippen molar-refractivity contribution in [1.29, 1.82) is 0 Å². The number of nitrogens with zero attached hydrogens (tertiary/aromatic N) is 1. The molecule has 1 amide bonds. The van der Waals surface area contributed by atoms with Crippen molar-refractivity contribution >= 4 is 23.3 Å². The molecule has 0 fully saturated rings. The summed E-state index contributed by atoms with van der Waals surface area (Å²) < 4.78 is 4.95. The van der Waals surface area contributed by atoms with Gasteiger partial charge in [-0.15, -0.1) is 0 Å². The number of hydrogen-bond donors (Lipinski definition) is 2. The van der Waals surface area contributed by atoms with E-state index in [1.807, 2.05) is 13.8 Å². The minimum absolute atomic E-state index is 0.0210. The molecule has 1 aromatic carbocycles. The molecule has 0 bridgehead atoms. The number of nitro benzene ring substituents is 1. The van der Waals surface area contributed by atoms with Crippen LogP contribution in [0.3, 0.4) is 0 Å². The van der Waals surface area contributed by atoms with Crippen LogP contribution in [-0.4, -0.2) is 28.9 Å². The minimum Gasteiger partial charge on any atom is -0.452 e. The lowest BCUT2D eigenvalue weighted by molar-refractivity contribution is -0.384. The second-order valence-corrected chi connectivity index (χ2v) is 7.77. The van der Waals surface area contributed by atoms with Gasteiger partial charge in [-0.25, -0.2) is 4.79 Å². The maximum Gasteiger partial charge on any atom is 0.340 e. The van der Waals surface area contributed by atoms with E-state index < -0.39 is 28.9 Å². The average molecular weight is 351 g/mol. The quantitative estimate of drug-likeness (QED) is 0.351. The molecule has 0 aliphatic rings. The van der Waals surface area contributed by atoms with E-state index in [0.717, 1.165) is 18.6 Å². The molecule has 0 unspecified atom stereocenters. The number of rotatable bonds is 6. The second kappa shape index (κ2) is 7.50. The van der Waals surface area contributed by atoms with E-state index in [0.29, 0.717) is 0 Å². The Kier molecular flexibility index (Phi) is 6.12. The Morgan fingerprint density at radius 3 is 2.32 bits per heavy atom. The molecule has 0 aliphatic carbocycles. The molecule has 138 valence electrons. The zero-order valence-corrected chi connectivity index (χ0v) is 15.2. The van der Waals surface area contributed by atoms with Crippen LogP contribution in [0.2, 0.25) is 0 Å². The number of ether oxygens (including phenoxy) is 1. The highest BCUT2D eigenvalue weighted by Crippen LogP contribution is 2.26. The molecule has 3 N–H and O–H groups in total. The number of nitrogens with two attached hydrogens (primary N) is 1. The van der Waals surface area contributed by atoms with Gasteiger partial charge in [0.1, 0.15) is 0 Å². The highest BCUT2D eigenvalue weighted by Gasteiger charge is 2.27. The zero-order valence-electron chi connectivity index (χ0n) is 15.2. The van der Waals surface area contributed by atoms with Crippen LogP contribution in [0.5, 0.6) is 0 Å². The first-order chi connectivity index (χ1) is 11.3. The van der Waals surface area contributed by atoms with Gasteiger partial charge in [-0.05, 0) is 31.7 Å². The van der Waals surface area contributed by atoms with Crippen molar-refractivity contribution in [3.8, 4) is 0 Å². The van der Waals surface area contributed by atoms with Gasteiger partial charge in [0.15, 0.2) is 6.61 Å². The molecule has 25 heavy (non-hydrogen) atoms. The molecule has 0 radical (unpaired) electrons. The molecule has 1 aromatic rings. The number of nitrogen functional groups attached to an aromatic ring is 1. The number of benzene rings is 1. The summed E-state index contributed by atoms with van der Waals surface area (Å²) >= 11 is 0. The van der Waals surface area contributed by atoms with E-state index in [4.69, 9.17) is 10.5 Å². The molecule has 0 aromatic heterocycles. The summed E-state index contributed by atoms with van der Waals surface area (Å²) in [7, 11) is 0. The third-order valence-corrected chi connectivity index (χ3v) is 3.25. The van der Waals surface area contributed by atoms with E-state index in [2.05, 4.69) is 26.1 Å². The van der Waals surface area contributed by atoms with Gasteiger partial charge in [-0.2, -0.15) is 0 Å². The predicted molar refractivity (Wildman–Crippen MR) is 94.1 cm³/mol. The van der Waals surface area contributed by atoms with Crippen LogP contribution in [0.4, 0.5) is 11.4 Å². The monoisotopic (exact) mass is 351 g/mol. The summed E-state index contributed by atoms with van der Waals surface area (Å²) in [6, 6.07) is 3.43. The number of hydrogen-bond acceptors (Lipinski definition) is 6. The van der Waals surface area contributed by atoms with Crippen LogP contribution in [0.15, 0.2) is 18.2 Å². The van der Waals surface area contributed by atoms with Gasteiger partial charge in [0, 0.05) is 17.7 Å². The Hall–Kier alpha value is -2.64. The number of carbonyl (C=O) groups is 2. The van der Waals surface area contributed by atoms with Crippen molar-refractivity contribution in [2.24, 2.45) is 5.41 Å². The summed E-state index contributed by atoms with van der Waals surface area (Å²) in [5.74, 6) is -1.24. The van der Waals surface area contributed by atoms with Crippen LogP contribution >= 0.6 is 0 Å². The summed E-state index contributed by atoms with van der Waals surface area (Å²) in [6.45, 7) is 9.54. The van der Waals surface area contributed by atoms with Gasteiger partial charge in [0.25, 0.3) is 11.6 Å². The summed E-state index contributed by atoms with van der Waals surface area (Å²) in [4.78, 5) is 34.0. The molecular weight excluding hydrogens is 326 g/mol. The van der Waals surface area contributed by atoms with Crippen LogP contribution in [-0.2, 0) is 9.53 Å². The summed E-state index contributed by atoms with van der Waals surface area (Å²) in [5.41, 5.74) is 4.89. The van der Waals surface area contributed by atoms with Gasteiger partial charge in [-0.1, -0.05) is 20.8 Å². The lowest BCUT2D eigenvalue weighted by Crippen LogP contribution is -2.47. The van der Waals surface area contributed by atoms with E-state index >= 15 is 0 Å². The highest BCUT2D eigenvalue weighted by atomic mass is 16.6. The first-order valence-corrected chi connectivity index (χ1v) is 7.83. The lowest BCUT2D eigenvalue weighted by Gasteiger charge is -2.33. The predicted octanol–water partition coefficient (Wildman–Crippen LogP) is 2.66. The van der Waals surface area contributed by atoms with Gasteiger partial charge >= 0.3 is 5.97 Å². The van der Waals surface area contributed by atoms with Crippen LogP contribution in [0.1, 0.15) is 51.4 Å². The number of carbonyl (C=O) groups excluding carboxylic acids is 2. The van der Waals surface area contributed by atoms with Crippen molar-refractivity contribution in [2.45, 2.75) is 46.6 Å². The SMILES string of the molecule is CC(C)(C)CC(C)(C)NC(=O)COC(=O)c1ccc([N+](=O)[O-])cc1N. The molecule has 0 aliphatic heterocycles. The van der Waals surface area contributed by atoms with Crippen molar-refractivity contribution in [2.75, 3.05) is 12.3 Å². The smallest absolute Gasteiger partial charge is 0.340 e. The minimum atomic E-state index is -0.809. The molecule has 8 heteroatoms. The van der Waals surface area contributed by atoms with Crippen LogP contribution in [0.25, 0.3) is 0 Å². The number of nitro groups is 1. The van der Waals surface area contributed by atoms with Crippen LogP contribution in [0, 0.1) is 15.5 Å². The number of esters is 1. The van der Waals surface area contributed by atoms with Crippen molar-refractivity contribution in [1.82, 2.24) is 5.32 Å². The molecule has 0 atom stereocenters. The lowest BCUT2D eigenvalue weighted by atomic mass is 9.82. The Labute approximate surface area is 146 Å².